The van der Waals surface area contributed by atoms with Crippen molar-refractivity contribution >= 4 is 11.9 Å². The van der Waals surface area contributed by atoms with E-state index >= 15 is 0 Å². The van der Waals surface area contributed by atoms with Crippen molar-refractivity contribution in [3.05, 3.63) is 53.1 Å². The second-order valence-electron chi connectivity index (χ2n) is 8.36. The lowest BCUT2D eigenvalue weighted by molar-refractivity contribution is -0.138. The van der Waals surface area contributed by atoms with Crippen LogP contribution in [0, 0.1) is 6.92 Å². The molecule has 0 saturated carbocycles. The lowest BCUT2D eigenvalue weighted by Crippen LogP contribution is -2.49. The first-order chi connectivity index (χ1) is 16.0. The number of ether oxygens (including phenoxy) is 1. The van der Waals surface area contributed by atoms with Crippen molar-refractivity contribution in [1.29, 1.82) is 0 Å². The summed E-state index contributed by atoms with van der Waals surface area (Å²) in [5.74, 6) is -0.0449. The minimum Gasteiger partial charge on any atom is -0.461 e. The molecule has 0 aliphatic carbocycles. The summed E-state index contributed by atoms with van der Waals surface area (Å²) in [7, 11) is 0. The van der Waals surface area contributed by atoms with Gasteiger partial charge in [0.05, 0.1) is 30.4 Å². The van der Waals surface area contributed by atoms with E-state index in [1.165, 1.54) is 11.9 Å². The molecule has 0 unspecified atom stereocenters. The molecule has 33 heavy (non-hydrogen) atoms. The second kappa shape index (κ2) is 10.5. The van der Waals surface area contributed by atoms with Crippen molar-refractivity contribution in [3.8, 4) is 5.69 Å². The van der Waals surface area contributed by atoms with Crippen LogP contribution < -0.4 is 0 Å². The van der Waals surface area contributed by atoms with E-state index in [0.717, 1.165) is 61.7 Å². The number of tetrazole rings is 1. The first-order valence-corrected chi connectivity index (χ1v) is 11.2. The lowest BCUT2D eigenvalue weighted by Gasteiger charge is -2.35. The second-order valence-corrected chi connectivity index (χ2v) is 8.36. The van der Waals surface area contributed by atoms with E-state index in [2.05, 4.69) is 37.6 Å². The molecule has 4 heterocycles. The van der Waals surface area contributed by atoms with Crippen molar-refractivity contribution < 1.29 is 14.3 Å². The molecule has 4 rings (SSSR count). The van der Waals surface area contributed by atoms with Gasteiger partial charge in [-0.1, -0.05) is 17.7 Å². The number of cyclic esters (lactones) is 1. The highest BCUT2D eigenvalue weighted by atomic mass is 16.5. The number of pyridine rings is 1. The zero-order valence-electron chi connectivity index (χ0n) is 19.1. The first kappa shape index (κ1) is 22.8. The molecule has 0 aromatic carbocycles. The molecule has 2 saturated heterocycles. The van der Waals surface area contributed by atoms with Crippen LogP contribution in [-0.2, 0) is 20.7 Å². The van der Waals surface area contributed by atoms with Crippen LogP contribution in [0.25, 0.3) is 5.69 Å². The summed E-state index contributed by atoms with van der Waals surface area (Å²) < 4.78 is 6.56. The molecule has 2 aromatic rings. The van der Waals surface area contributed by atoms with Crippen LogP contribution in [-0.4, -0.2) is 86.2 Å². The fourth-order valence-electron chi connectivity index (χ4n) is 4.06. The minimum absolute atomic E-state index is 0.102. The van der Waals surface area contributed by atoms with Crippen LogP contribution in [0.1, 0.15) is 31.0 Å². The fourth-order valence-corrected chi connectivity index (χ4v) is 4.06. The van der Waals surface area contributed by atoms with E-state index in [1.54, 1.807) is 10.9 Å². The number of rotatable bonds is 7. The van der Waals surface area contributed by atoms with E-state index < -0.39 is 0 Å². The number of aromatic nitrogens is 5. The summed E-state index contributed by atoms with van der Waals surface area (Å²) in [6.07, 6.45) is 8.98. The van der Waals surface area contributed by atoms with Gasteiger partial charge >= 0.3 is 5.97 Å². The summed E-state index contributed by atoms with van der Waals surface area (Å²) in [5, 5.41) is 11.1. The molecular weight excluding hydrogens is 422 g/mol. The number of allylic oxidation sites excluding steroid dienone is 2. The number of carbonyl (C=O) groups is 2. The van der Waals surface area contributed by atoms with Crippen LogP contribution in [0.4, 0.5) is 0 Å². The maximum atomic E-state index is 12.8. The van der Waals surface area contributed by atoms with Crippen LogP contribution in [0.3, 0.4) is 0 Å². The Morgan fingerprint density at radius 1 is 1.24 bits per heavy atom. The lowest BCUT2D eigenvalue weighted by atomic mass is 10.1. The smallest absolute Gasteiger partial charge is 0.310 e. The van der Waals surface area contributed by atoms with Crippen LogP contribution in [0.15, 0.2) is 41.9 Å². The maximum absolute atomic E-state index is 12.8. The fraction of sp³-hybridized carbons (Fsp3) is 0.478. The number of esters is 1. The normalized spacial score (nSPS) is 18.7. The molecule has 10 nitrogen and oxygen atoms in total. The van der Waals surface area contributed by atoms with Gasteiger partial charge < -0.3 is 9.64 Å². The Hall–Kier alpha value is -3.40. The van der Waals surface area contributed by atoms with Gasteiger partial charge in [-0.15, -0.1) is 5.10 Å². The highest BCUT2D eigenvalue weighted by Gasteiger charge is 2.22. The van der Waals surface area contributed by atoms with Gasteiger partial charge in [0, 0.05) is 32.7 Å². The molecule has 0 spiro atoms. The molecule has 174 valence electrons. The summed E-state index contributed by atoms with van der Waals surface area (Å²) in [5.41, 5.74) is 4.74. The molecule has 2 aliphatic heterocycles. The Morgan fingerprint density at radius 3 is 2.70 bits per heavy atom. The SMILES string of the molecule is CC=C(C=C1COC(=O)C1)CCN1CCN(C(=O)Cc2ncc(-n3cnnn3)cc2C)CC1. The van der Waals surface area contributed by atoms with Crippen molar-refractivity contribution in [2.45, 2.75) is 33.1 Å². The summed E-state index contributed by atoms with van der Waals surface area (Å²) in [6, 6.07) is 1.94. The topological polar surface area (TPSA) is 106 Å². The number of piperazine rings is 1. The van der Waals surface area contributed by atoms with E-state index in [4.69, 9.17) is 4.74 Å². The van der Waals surface area contributed by atoms with E-state index in [0.29, 0.717) is 19.4 Å². The zero-order valence-corrected chi connectivity index (χ0v) is 19.1. The quantitative estimate of drug-likeness (QED) is 0.579. The summed E-state index contributed by atoms with van der Waals surface area (Å²) >= 11 is 0. The third-order valence-corrected chi connectivity index (χ3v) is 6.10. The zero-order chi connectivity index (χ0) is 23.2. The van der Waals surface area contributed by atoms with E-state index in [9.17, 15) is 9.59 Å². The van der Waals surface area contributed by atoms with Gasteiger partial charge in [-0.25, -0.2) is 0 Å². The van der Waals surface area contributed by atoms with Gasteiger partial charge in [-0.3, -0.25) is 19.5 Å². The number of aryl methyl sites for hydroxylation is 1. The summed E-state index contributed by atoms with van der Waals surface area (Å²) in [4.78, 5) is 32.9. The highest BCUT2D eigenvalue weighted by Crippen LogP contribution is 2.18. The monoisotopic (exact) mass is 451 g/mol. The molecule has 0 bridgehead atoms. The predicted molar refractivity (Wildman–Crippen MR) is 120 cm³/mol. The average Bonchev–Trinajstić information content (AvgIpc) is 3.50. The highest BCUT2D eigenvalue weighted by molar-refractivity contribution is 5.79. The molecule has 2 aliphatic rings. The Labute approximate surface area is 192 Å². The molecule has 10 heteroatoms. The molecular formula is C23H29N7O3. The van der Waals surface area contributed by atoms with Crippen LogP contribution >= 0.6 is 0 Å². The van der Waals surface area contributed by atoms with Gasteiger partial charge in [-0.2, -0.15) is 4.68 Å². The number of nitrogens with zero attached hydrogens (tertiary/aromatic N) is 7. The standard InChI is InChI=1S/C23H29N7O3/c1-3-18(11-19-12-23(32)33-15-19)4-5-28-6-8-29(9-7-28)22(31)13-21-17(2)10-20(14-24-21)30-16-25-26-27-30/h3,10-11,14,16H,4-9,12-13,15H2,1-2H3. The van der Waals surface area contributed by atoms with Crippen LogP contribution in [0.5, 0.6) is 0 Å². The molecule has 0 N–H and O–H groups in total. The van der Waals surface area contributed by atoms with Crippen molar-refractivity contribution in [2.24, 2.45) is 0 Å². The maximum Gasteiger partial charge on any atom is 0.310 e. The largest absolute Gasteiger partial charge is 0.461 e. The van der Waals surface area contributed by atoms with Crippen molar-refractivity contribution in [2.75, 3.05) is 39.3 Å². The Kier molecular flexibility index (Phi) is 7.23. The van der Waals surface area contributed by atoms with Gasteiger partial charge in [0.1, 0.15) is 12.9 Å². The number of amides is 1. The molecule has 1 amide bonds. The summed E-state index contributed by atoms with van der Waals surface area (Å²) in [6.45, 7) is 8.45. The van der Waals surface area contributed by atoms with Crippen LogP contribution in [0.2, 0.25) is 0 Å². The molecule has 2 fully saturated rings. The average molecular weight is 452 g/mol. The first-order valence-electron chi connectivity index (χ1n) is 11.2. The van der Waals surface area contributed by atoms with Gasteiger partial charge in [0.25, 0.3) is 0 Å². The number of hydrogen-bond donors (Lipinski definition) is 0. The molecule has 0 atom stereocenters. The Morgan fingerprint density at radius 2 is 2.06 bits per heavy atom. The number of hydrogen-bond acceptors (Lipinski definition) is 8. The van der Waals surface area contributed by atoms with Crippen molar-refractivity contribution in [3.63, 3.8) is 0 Å². The Balaban J connectivity index is 1.24. The predicted octanol–water partition coefficient (Wildman–Crippen LogP) is 1.26. The van der Waals surface area contributed by atoms with Gasteiger partial charge in [0.15, 0.2) is 0 Å². The third-order valence-electron chi connectivity index (χ3n) is 6.10. The minimum atomic E-state index is -0.147. The van der Waals surface area contributed by atoms with E-state index in [-0.39, 0.29) is 11.9 Å². The van der Waals surface area contributed by atoms with Crippen molar-refractivity contribution in [1.82, 2.24) is 35.0 Å². The van der Waals surface area contributed by atoms with Gasteiger partial charge in [0.2, 0.25) is 5.91 Å². The van der Waals surface area contributed by atoms with Gasteiger partial charge in [-0.05, 0) is 47.9 Å². The third kappa shape index (κ3) is 5.89. The molecule has 2 aromatic heterocycles. The number of carbonyl (C=O) groups excluding carboxylic acids is 2. The van der Waals surface area contributed by atoms with E-state index in [1.807, 2.05) is 24.8 Å². The Bertz CT molecular complexity index is 1050. The molecule has 0 radical (unpaired) electrons.